The number of aromatic nitrogens is 1. The highest BCUT2D eigenvalue weighted by atomic mass is 32.1. The lowest BCUT2D eigenvalue weighted by molar-refractivity contribution is 0.687. The van der Waals surface area contributed by atoms with Crippen LogP contribution < -0.4 is 10.6 Å². The minimum Gasteiger partial charge on any atom is -0.357 e. The number of aliphatic imine (C=N–C) groups is 1. The van der Waals surface area contributed by atoms with Gasteiger partial charge in [0, 0.05) is 17.6 Å². The van der Waals surface area contributed by atoms with E-state index in [0.29, 0.717) is 6.54 Å². The second-order valence-corrected chi connectivity index (χ2v) is 7.35. The average molecular weight is 353 g/mol. The third kappa shape index (κ3) is 4.57. The second-order valence-electron chi connectivity index (χ2n) is 6.03. The fraction of sp³-hybridized carbons (Fsp3) is 0.300. The predicted molar refractivity (Wildman–Crippen MR) is 107 cm³/mol. The first-order valence-corrected chi connectivity index (χ1v) is 9.42. The summed E-state index contributed by atoms with van der Waals surface area (Å²) in [5.41, 5.74) is 1.24. The molecule has 2 aromatic carbocycles. The van der Waals surface area contributed by atoms with E-state index in [1.807, 2.05) is 6.20 Å². The number of rotatable bonds is 5. The summed E-state index contributed by atoms with van der Waals surface area (Å²) in [7, 11) is 0. The van der Waals surface area contributed by atoms with E-state index >= 15 is 0 Å². The maximum absolute atomic E-state index is 4.67. The van der Waals surface area contributed by atoms with Crippen molar-refractivity contribution in [2.45, 2.75) is 33.4 Å². The van der Waals surface area contributed by atoms with Crippen molar-refractivity contribution in [2.75, 3.05) is 6.54 Å². The lowest BCUT2D eigenvalue weighted by Gasteiger charge is -2.18. The highest BCUT2D eigenvalue weighted by molar-refractivity contribution is 7.11. The van der Waals surface area contributed by atoms with Crippen LogP contribution >= 0.6 is 11.3 Å². The summed E-state index contributed by atoms with van der Waals surface area (Å²) < 4.78 is 0. The Morgan fingerprint density at radius 2 is 2.00 bits per heavy atom. The third-order valence-corrected chi connectivity index (χ3v) is 4.91. The van der Waals surface area contributed by atoms with E-state index in [-0.39, 0.29) is 6.04 Å². The molecule has 1 unspecified atom stereocenters. The average Bonchev–Trinajstić information content (AvgIpc) is 3.04. The Morgan fingerprint density at radius 1 is 1.20 bits per heavy atom. The number of aryl methyl sites for hydroxylation is 1. The predicted octanol–water partition coefficient (Wildman–Crippen LogP) is 4.42. The number of nitrogens with one attached hydrogen (secondary N) is 2. The molecular formula is C20H24N4S. The van der Waals surface area contributed by atoms with Crippen LogP contribution in [0.2, 0.25) is 0 Å². The quantitative estimate of drug-likeness (QED) is 0.528. The molecule has 4 nitrogen and oxygen atoms in total. The number of thiazole rings is 1. The van der Waals surface area contributed by atoms with Gasteiger partial charge in [0.15, 0.2) is 5.96 Å². The molecule has 0 spiro atoms. The molecule has 1 aromatic heterocycles. The summed E-state index contributed by atoms with van der Waals surface area (Å²) >= 11 is 1.69. The van der Waals surface area contributed by atoms with Crippen LogP contribution in [-0.2, 0) is 6.54 Å². The fourth-order valence-corrected chi connectivity index (χ4v) is 3.42. The molecule has 0 aliphatic heterocycles. The van der Waals surface area contributed by atoms with E-state index in [9.17, 15) is 0 Å². The van der Waals surface area contributed by atoms with Gasteiger partial charge in [0.1, 0.15) is 5.01 Å². The first-order chi connectivity index (χ1) is 12.2. The molecule has 1 atom stereocenters. The number of guanidine groups is 1. The monoisotopic (exact) mass is 352 g/mol. The van der Waals surface area contributed by atoms with Gasteiger partial charge in [-0.25, -0.2) is 9.98 Å². The van der Waals surface area contributed by atoms with Crippen molar-refractivity contribution < 1.29 is 0 Å². The van der Waals surface area contributed by atoms with Crippen LogP contribution in [0.15, 0.2) is 53.7 Å². The van der Waals surface area contributed by atoms with Gasteiger partial charge in [-0.05, 0) is 43.2 Å². The molecule has 0 radical (unpaired) electrons. The molecule has 3 rings (SSSR count). The maximum Gasteiger partial charge on any atom is 0.192 e. The van der Waals surface area contributed by atoms with E-state index in [1.54, 1.807) is 11.3 Å². The lowest BCUT2D eigenvalue weighted by atomic mass is 10.0. The first-order valence-electron chi connectivity index (χ1n) is 8.60. The Kier molecular flexibility index (Phi) is 5.66. The third-order valence-electron chi connectivity index (χ3n) is 4.01. The summed E-state index contributed by atoms with van der Waals surface area (Å²) in [6.07, 6.45) is 1.90. The van der Waals surface area contributed by atoms with Gasteiger partial charge < -0.3 is 10.6 Å². The molecule has 0 bridgehead atoms. The van der Waals surface area contributed by atoms with Crippen LogP contribution in [0.25, 0.3) is 10.8 Å². The molecule has 3 aromatic rings. The van der Waals surface area contributed by atoms with E-state index in [4.69, 9.17) is 0 Å². The van der Waals surface area contributed by atoms with Crippen LogP contribution in [0.4, 0.5) is 0 Å². The van der Waals surface area contributed by atoms with Crippen LogP contribution in [0, 0.1) is 6.92 Å². The minimum absolute atomic E-state index is 0.167. The molecule has 130 valence electrons. The minimum atomic E-state index is 0.167. The van der Waals surface area contributed by atoms with Gasteiger partial charge in [0.05, 0.1) is 12.6 Å². The number of benzene rings is 2. The van der Waals surface area contributed by atoms with Gasteiger partial charge in [-0.15, -0.1) is 11.3 Å². The van der Waals surface area contributed by atoms with Gasteiger partial charge in [-0.3, -0.25) is 0 Å². The zero-order valence-corrected chi connectivity index (χ0v) is 15.7. The Hall–Kier alpha value is -2.40. The maximum atomic E-state index is 4.67. The van der Waals surface area contributed by atoms with Crippen molar-refractivity contribution in [3.8, 4) is 0 Å². The molecule has 5 heteroatoms. The fourth-order valence-electron chi connectivity index (χ4n) is 2.71. The summed E-state index contributed by atoms with van der Waals surface area (Å²) in [6.45, 7) is 7.72. The molecule has 0 aliphatic rings. The number of fused-ring (bicyclic) bond motifs is 1. The number of hydrogen-bond donors (Lipinski definition) is 2. The summed E-state index contributed by atoms with van der Waals surface area (Å²) in [5, 5.41) is 10.4. The van der Waals surface area contributed by atoms with Crippen molar-refractivity contribution in [1.29, 1.82) is 0 Å². The van der Waals surface area contributed by atoms with Gasteiger partial charge in [-0.1, -0.05) is 36.4 Å². The molecule has 0 fully saturated rings. The normalized spacial score (nSPS) is 13.0. The van der Waals surface area contributed by atoms with E-state index in [1.165, 1.54) is 21.2 Å². The van der Waals surface area contributed by atoms with Gasteiger partial charge in [0.25, 0.3) is 0 Å². The summed E-state index contributed by atoms with van der Waals surface area (Å²) in [5.74, 6) is 0.816. The highest BCUT2D eigenvalue weighted by Crippen LogP contribution is 2.20. The van der Waals surface area contributed by atoms with Gasteiger partial charge in [-0.2, -0.15) is 0 Å². The Balaban J connectivity index is 1.73. The Bertz CT molecular complexity index is 869. The van der Waals surface area contributed by atoms with Crippen molar-refractivity contribution in [3.63, 3.8) is 0 Å². The first kappa shape index (κ1) is 17.4. The molecule has 1 heterocycles. The van der Waals surface area contributed by atoms with E-state index in [0.717, 1.165) is 17.5 Å². The van der Waals surface area contributed by atoms with Crippen LogP contribution in [0.3, 0.4) is 0 Å². The molecular weight excluding hydrogens is 328 g/mol. The topological polar surface area (TPSA) is 49.3 Å². The van der Waals surface area contributed by atoms with Crippen molar-refractivity contribution >= 4 is 28.1 Å². The molecule has 0 aliphatic carbocycles. The largest absolute Gasteiger partial charge is 0.357 e. The smallest absolute Gasteiger partial charge is 0.192 e. The Morgan fingerprint density at radius 3 is 2.72 bits per heavy atom. The highest BCUT2D eigenvalue weighted by Gasteiger charge is 2.09. The van der Waals surface area contributed by atoms with Crippen molar-refractivity contribution in [1.82, 2.24) is 15.6 Å². The molecule has 0 saturated heterocycles. The Labute approximate surface area is 153 Å². The lowest BCUT2D eigenvalue weighted by Crippen LogP contribution is -2.38. The molecule has 0 saturated carbocycles. The van der Waals surface area contributed by atoms with E-state index < -0.39 is 0 Å². The van der Waals surface area contributed by atoms with Crippen LogP contribution in [0.1, 0.15) is 35.3 Å². The standard InChI is InChI=1S/C20H24N4S/c1-4-21-20(23-13-19-22-12-14(2)25-19)24-15(3)17-10-9-16-7-5-6-8-18(16)11-17/h5-12,15H,4,13H2,1-3H3,(H2,21,23,24). The molecule has 25 heavy (non-hydrogen) atoms. The van der Waals surface area contributed by atoms with Crippen molar-refractivity contribution in [2.24, 2.45) is 4.99 Å². The summed E-state index contributed by atoms with van der Waals surface area (Å²) in [4.78, 5) is 10.3. The molecule has 2 N–H and O–H groups in total. The SMILES string of the molecule is CCNC(=NCc1ncc(C)s1)NC(C)c1ccc2ccccc2c1. The van der Waals surface area contributed by atoms with Crippen molar-refractivity contribution in [3.05, 3.63) is 64.1 Å². The van der Waals surface area contributed by atoms with Crippen LogP contribution in [0.5, 0.6) is 0 Å². The van der Waals surface area contributed by atoms with Gasteiger partial charge >= 0.3 is 0 Å². The van der Waals surface area contributed by atoms with Crippen LogP contribution in [-0.4, -0.2) is 17.5 Å². The van der Waals surface area contributed by atoms with Gasteiger partial charge in [0.2, 0.25) is 0 Å². The number of hydrogen-bond acceptors (Lipinski definition) is 3. The second kappa shape index (κ2) is 8.12. The molecule has 0 amide bonds. The zero-order chi connectivity index (χ0) is 17.6. The summed E-state index contributed by atoms with van der Waals surface area (Å²) in [6, 6.07) is 15.2. The van der Waals surface area contributed by atoms with E-state index in [2.05, 4.69) is 83.8 Å². The number of nitrogens with zero attached hydrogens (tertiary/aromatic N) is 2. The zero-order valence-electron chi connectivity index (χ0n) is 14.9.